The van der Waals surface area contributed by atoms with E-state index in [0.29, 0.717) is 6.42 Å². The summed E-state index contributed by atoms with van der Waals surface area (Å²) >= 11 is 0. The second kappa shape index (κ2) is 4.56. The summed E-state index contributed by atoms with van der Waals surface area (Å²) < 4.78 is 13.5. The van der Waals surface area contributed by atoms with Gasteiger partial charge in [-0.1, -0.05) is 30.3 Å². The predicted octanol–water partition coefficient (Wildman–Crippen LogP) is 2.32. The zero-order valence-electron chi connectivity index (χ0n) is 8.25. The fourth-order valence-electron chi connectivity index (χ4n) is 1.98. The number of rotatable bonds is 2. The van der Waals surface area contributed by atoms with Gasteiger partial charge in [-0.05, 0) is 31.4 Å². The molecule has 0 aromatic heterocycles. The first-order valence-electron chi connectivity index (χ1n) is 5.27. The van der Waals surface area contributed by atoms with Gasteiger partial charge in [0.2, 0.25) is 0 Å². The summed E-state index contributed by atoms with van der Waals surface area (Å²) in [4.78, 5) is 0. The molecule has 1 aliphatic heterocycles. The molecule has 1 fully saturated rings. The van der Waals surface area contributed by atoms with Crippen molar-refractivity contribution in [3.63, 3.8) is 0 Å². The van der Waals surface area contributed by atoms with Crippen LogP contribution in [0.15, 0.2) is 30.3 Å². The van der Waals surface area contributed by atoms with E-state index in [0.717, 1.165) is 19.4 Å². The number of hydrogen-bond donors (Lipinski definition) is 1. The second-order valence-electron chi connectivity index (χ2n) is 3.91. The summed E-state index contributed by atoms with van der Waals surface area (Å²) in [6, 6.07) is 10.1. The maximum Gasteiger partial charge on any atom is 0.116 e. The molecule has 1 heterocycles. The topological polar surface area (TPSA) is 12.0 Å². The highest BCUT2D eigenvalue weighted by molar-refractivity contribution is 5.16. The van der Waals surface area contributed by atoms with E-state index in [9.17, 15) is 4.39 Å². The van der Waals surface area contributed by atoms with E-state index in [1.54, 1.807) is 0 Å². The molecule has 2 unspecified atom stereocenters. The van der Waals surface area contributed by atoms with Crippen LogP contribution < -0.4 is 5.32 Å². The smallest absolute Gasteiger partial charge is 0.116 e. The predicted molar refractivity (Wildman–Crippen MR) is 56.1 cm³/mol. The van der Waals surface area contributed by atoms with Crippen LogP contribution in [0.4, 0.5) is 4.39 Å². The van der Waals surface area contributed by atoms with Crippen LogP contribution in [0.2, 0.25) is 0 Å². The van der Waals surface area contributed by atoms with Crippen molar-refractivity contribution in [2.45, 2.75) is 31.5 Å². The number of nitrogens with one attached hydrogen (secondary N) is 1. The van der Waals surface area contributed by atoms with Crippen LogP contribution in [-0.4, -0.2) is 18.8 Å². The van der Waals surface area contributed by atoms with E-state index in [1.807, 2.05) is 18.2 Å². The number of benzene rings is 1. The summed E-state index contributed by atoms with van der Waals surface area (Å²) in [5, 5.41) is 3.24. The monoisotopic (exact) mass is 193 g/mol. The van der Waals surface area contributed by atoms with Crippen LogP contribution in [0.25, 0.3) is 0 Å². The van der Waals surface area contributed by atoms with Crippen LogP contribution >= 0.6 is 0 Å². The molecule has 0 amide bonds. The SMILES string of the molecule is FC1CCCNC1Cc1ccccc1. The Morgan fingerprint density at radius 2 is 2.07 bits per heavy atom. The third-order valence-electron chi connectivity index (χ3n) is 2.80. The second-order valence-corrected chi connectivity index (χ2v) is 3.91. The van der Waals surface area contributed by atoms with Gasteiger partial charge in [0.05, 0.1) is 0 Å². The Hall–Kier alpha value is -0.890. The minimum atomic E-state index is -0.677. The van der Waals surface area contributed by atoms with E-state index >= 15 is 0 Å². The highest BCUT2D eigenvalue weighted by atomic mass is 19.1. The number of piperidine rings is 1. The Kier molecular flexibility index (Phi) is 3.14. The summed E-state index contributed by atoms with van der Waals surface area (Å²) in [6.07, 6.45) is 1.81. The van der Waals surface area contributed by atoms with E-state index in [4.69, 9.17) is 0 Å². The Bertz CT molecular complexity index is 273. The molecule has 0 spiro atoms. The van der Waals surface area contributed by atoms with Gasteiger partial charge in [0.25, 0.3) is 0 Å². The number of hydrogen-bond acceptors (Lipinski definition) is 1. The highest BCUT2D eigenvalue weighted by Gasteiger charge is 2.23. The third kappa shape index (κ3) is 2.32. The minimum absolute atomic E-state index is 0.0196. The molecule has 0 radical (unpaired) electrons. The average Bonchev–Trinajstić information content (AvgIpc) is 2.23. The number of alkyl halides is 1. The summed E-state index contributed by atoms with van der Waals surface area (Å²) in [5.41, 5.74) is 1.22. The standard InChI is InChI=1S/C12H16FN/c13-11-7-4-8-14-12(11)9-10-5-2-1-3-6-10/h1-3,5-6,11-12,14H,4,7-9H2. The maximum atomic E-state index is 13.5. The number of halogens is 1. The van der Waals surface area contributed by atoms with Crippen LogP contribution in [0, 0.1) is 0 Å². The fraction of sp³-hybridized carbons (Fsp3) is 0.500. The molecule has 1 aliphatic rings. The quantitative estimate of drug-likeness (QED) is 0.760. The Labute approximate surface area is 84.3 Å². The van der Waals surface area contributed by atoms with Crippen molar-refractivity contribution in [1.29, 1.82) is 0 Å². The molecule has 1 nitrogen and oxygen atoms in total. The van der Waals surface area contributed by atoms with Crippen LogP contribution in [0.1, 0.15) is 18.4 Å². The highest BCUT2D eigenvalue weighted by Crippen LogP contribution is 2.16. The van der Waals surface area contributed by atoms with Crippen molar-refractivity contribution in [3.8, 4) is 0 Å². The van der Waals surface area contributed by atoms with E-state index < -0.39 is 6.17 Å². The lowest BCUT2D eigenvalue weighted by atomic mass is 9.96. The van der Waals surface area contributed by atoms with Crippen LogP contribution in [-0.2, 0) is 6.42 Å². The largest absolute Gasteiger partial charge is 0.311 e. The molecule has 14 heavy (non-hydrogen) atoms. The molecule has 1 aromatic rings. The first-order chi connectivity index (χ1) is 6.86. The Balaban J connectivity index is 1.96. The van der Waals surface area contributed by atoms with Crippen molar-refractivity contribution in [2.75, 3.05) is 6.54 Å². The van der Waals surface area contributed by atoms with Gasteiger partial charge in [-0.3, -0.25) is 0 Å². The lowest BCUT2D eigenvalue weighted by Gasteiger charge is -2.27. The summed E-state index contributed by atoms with van der Waals surface area (Å²) in [7, 11) is 0. The molecular weight excluding hydrogens is 177 g/mol. The molecule has 0 bridgehead atoms. The summed E-state index contributed by atoms with van der Waals surface area (Å²) in [6.45, 7) is 0.956. The maximum absolute atomic E-state index is 13.5. The summed E-state index contributed by atoms with van der Waals surface area (Å²) in [5.74, 6) is 0. The zero-order valence-corrected chi connectivity index (χ0v) is 8.25. The lowest BCUT2D eigenvalue weighted by molar-refractivity contribution is 0.199. The molecule has 1 aromatic carbocycles. The van der Waals surface area contributed by atoms with Crippen LogP contribution in [0.5, 0.6) is 0 Å². The molecule has 1 saturated heterocycles. The first-order valence-corrected chi connectivity index (χ1v) is 5.27. The third-order valence-corrected chi connectivity index (χ3v) is 2.80. The van der Waals surface area contributed by atoms with Crippen molar-refractivity contribution >= 4 is 0 Å². The van der Waals surface area contributed by atoms with Crippen molar-refractivity contribution in [2.24, 2.45) is 0 Å². The van der Waals surface area contributed by atoms with Gasteiger partial charge in [0, 0.05) is 6.04 Å². The van der Waals surface area contributed by atoms with Crippen molar-refractivity contribution < 1.29 is 4.39 Å². The van der Waals surface area contributed by atoms with Gasteiger partial charge in [0.15, 0.2) is 0 Å². The molecule has 76 valence electrons. The Morgan fingerprint density at radius 3 is 2.79 bits per heavy atom. The Morgan fingerprint density at radius 1 is 1.29 bits per heavy atom. The van der Waals surface area contributed by atoms with Gasteiger partial charge < -0.3 is 5.32 Å². The molecule has 0 aliphatic carbocycles. The van der Waals surface area contributed by atoms with E-state index in [-0.39, 0.29) is 6.04 Å². The van der Waals surface area contributed by atoms with Crippen LogP contribution in [0.3, 0.4) is 0 Å². The van der Waals surface area contributed by atoms with Gasteiger partial charge in [-0.15, -0.1) is 0 Å². The molecule has 2 rings (SSSR count). The molecule has 2 atom stereocenters. The van der Waals surface area contributed by atoms with Gasteiger partial charge in [-0.2, -0.15) is 0 Å². The average molecular weight is 193 g/mol. The zero-order chi connectivity index (χ0) is 9.80. The van der Waals surface area contributed by atoms with Gasteiger partial charge >= 0.3 is 0 Å². The molecule has 2 heteroatoms. The van der Waals surface area contributed by atoms with Crippen molar-refractivity contribution in [3.05, 3.63) is 35.9 Å². The minimum Gasteiger partial charge on any atom is -0.311 e. The van der Waals surface area contributed by atoms with E-state index in [2.05, 4.69) is 17.4 Å². The lowest BCUT2D eigenvalue weighted by Crippen LogP contribution is -2.44. The molecule has 0 saturated carbocycles. The molecule has 1 N–H and O–H groups in total. The van der Waals surface area contributed by atoms with Gasteiger partial charge in [-0.25, -0.2) is 4.39 Å². The van der Waals surface area contributed by atoms with Crippen molar-refractivity contribution in [1.82, 2.24) is 5.32 Å². The first kappa shape index (κ1) is 9.66. The van der Waals surface area contributed by atoms with Gasteiger partial charge in [0.1, 0.15) is 6.17 Å². The fourth-order valence-corrected chi connectivity index (χ4v) is 1.98. The van der Waals surface area contributed by atoms with E-state index in [1.165, 1.54) is 5.56 Å². The normalized spacial score (nSPS) is 27.5. The molecular formula is C12H16FN.